The zero-order valence-corrected chi connectivity index (χ0v) is 13.1. The fourth-order valence-corrected chi connectivity index (χ4v) is 2.89. The summed E-state index contributed by atoms with van der Waals surface area (Å²) in [7, 11) is 2.20. The molecule has 0 spiro atoms. The molecule has 0 atom stereocenters. The molecule has 3 N–H and O–H groups in total. The highest BCUT2D eigenvalue weighted by Crippen LogP contribution is 2.21. The first kappa shape index (κ1) is 15.8. The van der Waals surface area contributed by atoms with Crippen molar-refractivity contribution < 1.29 is 0 Å². The number of nitrogens with two attached hydrogens (primary N) is 1. The number of likely N-dealkylation sites (N-methyl/N-ethyl adjacent to an activating group) is 1. The van der Waals surface area contributed by atoms with Crippen molar-refractivity contribution >= 4 is 5.96 Å². The third-order valence-corrected chi connectivity index (χ3v) is 4.25. The van der Waals surface area contributed by atoms with Crippen LogP contribution in [0, 0.1) is 0 Å². The minimum absolute atomic E-state index is 0.561. The molecule has 0 aliphatic heterocycles. The van der Waals surface area contributed by atoms with Crippen LogP contribution in [0.25, 0.3) is 0 Å². The van der Waals surface area contributed by atoms with Crippen LogP contribution in [-0.4, -0.2) is 43.6 Å². The van der Waals surface area contributed by atoms with Crippen molar-refractivity contribution in [2.24, 2.45) is 10.7 Å². The van der Waals surface area contributed by atoms with Crippen molar-refractivity contribution in [2.45, 2.75) is 38.1 Å². The van der Waals surface area contributed by atoms with Gasteiger partial charge in [0.2, 0.25) is 0 Å². The van der Waals surface area contributed by atoms with Crippen molar-refractivity contribution in [3.63, 3.8) is 0 Å². The van der Waals surface area contributed by atoms with Gasteiger partial charge in [0.1, 0.15) is 0 Å². The number of aliphatic imine (C=N–C) groups is 1. The van der Waals surface area contributed by atoms with E-state index < -0.39 is 0 Å². The Kier molecular flexibility index (Phi) is 6.54. The zero-order chi connectivity index (χ0) is 14.9. The lowest BCUT2D eigenvalue weighted by molar-refractivity contribution is 0.252. The Hall–Kier alpha value is -1.55. The molecule has 4 nitrogen and oxygen atoms in total. The smallest absolute Gasteiger partial charge is 0.188 e. The van der Waals surface area contributed by atoms with Crippen LogP contribution in [0.4, 0.5) is 0 Å². The molecule has 1 aliphatic carbocycles. The highest BCUT2D eigenvalue weighted by Gasteiger charge is 2.18. The predicted molar refractivity (Wildman–Crippen MR) is 89.5 cm³/mol. The monoisotopic (exact) mass is 288 g/mol. The summed E-state index contributed by atoms with van der Waals surface area (Å²) >= 11 is 0. The van der Waals surface area contributed by atoms with Gasteiger partial charge in [-0.15, -0.1) is 0 Å². The van der Waals surface area contributed by atoms with E-state index in [1.165, 1.54) is 31.2 Å². The summed E-state index contributed by atoms with van der Waals surface area (Å²) in [6, 6.07) is 11.2. The van der Waals surface area contributed by atoms with Gasteiger partial charge in [0, 0.05) is 19.1 Å². The number of nitrogens with one attached hydrogen (secondary N) is 1. The van der Waals surface area contributed by atoms with Crippen LogP contribution in [0.15, 0.2) is 35.3 Å². The summed E-state index contributed by atoms with van der Waals surface area (Å²) in [6.45, 7) is 2.60. The molecule has 1 fully saturated rings. The first-order valence-corrected chi connectivity index (χ1v) is 8.03. The maximum Gasteiger partial charge on any atom is 0.188 e. The molecule has 1 saturated carbocycles. The van der Waals surface area contributed by atoms with Crippen LogP contribution in [0.2, 0.25) is 0 Å². The van der Waals surface area contributed by atoms with E-state index in [4.69, 9.17) is 5.73 Å². The first-order valence-electron chi connectivity index (χ1n) is 8.03. The Bertz CT molecular complexity index is 424. The van der Waals surface area contributed by atoms with Gasteiger partial charge in [-0.1, -0.05) is 43.2 Å². The standard InChI is InChI=1S/C17H28N4/c1-21(16-9-5-6-10-16)14-13-20-17(18)19-12-11-15-7-3-2-4-8-15/h2-4,7-8,16H,5-6,9-14H2,1H3,(H3,18,19,20). The number of hydrogen-bond acceptors (Lipinski definition) is 2. The van der Waals surface area contributed by atoms with Gasteiger partial charge >= 0.3 is 0 Å². The number of benzene rings is 1. The average molecular weight is 288 g/mol. The van der Waals surface area contributed by atoms with Crippen LogP contribution >= 0.6 is 0 Å². The second kappa shape index (κ2) is 8.67. The third-order valence-electron chi connectivity index (χ3n) is 4.25. The van der Waals surface area contributed by atoms with Crippen LogP contribution in [0.3, 0.4) is 0 Å². The number of nitrogens with zero attached hydrogens (tertiary/aromatic N) is 2. The Morgan fingerprint density at radius 1 is 1.29 bits per heavy atom. The molecule has 0 radical (unpaired) electrons. The third kappa shape index (κ3) is 5.76. The molecule has 1 aliphatic rings. The van der Waals surface area contributed by atoms with Gasteiger partial charge in [0.25, 0.3) is 0 Å². The molecule has 0 heterocycles. The largest absolute Gasteiger partial charge is 0.370 e. The summed E-state index contributed by atoms with van der Waals surface area (Å²) in [5.41, 5.74) is 7.22. The topological polar surface area (TPSA) is 53.6 Å². The quantitative estimate of drug-likeness (QED) is 0.596. The van der Waals surface area contributed by atoms with E-state index in [0.717, 1.165) is 32.1 Å². The molecule has 0 bridgehead atoms. The minimum atomic E-state index is 0.561. The number of rotatable bonds is 7. The van der Waals surface area contributed by atoms with Gasteiger partial charge in [0.15, 0.2) is 5.96 Å². The second-order valence-corrected chi connectivity index (χ2v) is 5.85. The number of hydrogen-bond donors (Lipinski definition) is 2. The molecule has 0 aromatic heterocycles. The number of guanidine groups is 1. The maximum atomic E-state index is 5.90. The average Bonchev–Trinajstić information content (AvgIpc) is 3.02. The normalized spacial score (nSPS) is 16.6. The maximum absolute atomic E-state index is 5.90. The fourth-order valence-electron chi connectivity index (χ4n) is 2.89. The lowest BCUT2D eigenvalue weighted by Crippen LogP contribution is -2.35. The molecule has 0 unspecified atom stereocenters. The zero-order valence-electron chi connectivity index (χ0n) is 13.1. The summed E-state index contributed by atoms with van der Waals surface area (Å²) in [6.07, 6.45) is 6.40. The SMILES string of the molecule is CN(CCN=C(N)NCCc1ccccc1)C1CCCC1. The highest BCUT2D eigenvalue weighted by molar-refractivity contribution is 5.77. The van der Waals surface area contributed by atoms with E-state index in [9.17, 15) is 0 Å². The van der Waals surface area contributed by atoms with Crippen LogP contribution in [0.1, 0.15) is 31.2 Å². The Morgan fingerprint density at radius 2 is 2.00 bits per heavy atom. The predicted octanol–water partition coefficient (Wildman–Crippen LogP) is 2.01. The van der Waals surface area contributed by atoms with Crippen molar-refractivity contribution in [1.29, 1.82) is 0 Å². The van der Waals surface area contributed by atoms with E-state index in [1.54, 1.807) is 0 Å². The van der Waals surface area contributed by atoms with Crippen molar-refractivity contribution in [2.75, 3.05) is 26.7 Å². The first-order chi connectivity index (χ1) is 10.3. The van der Waals surface area contributed by atoms with E-state index in [0.29, 0.717) is 5.96 Å². The fraction of sp³-hybridized carbons (Fsp3) is 0.588. The molecule has 1 aromatic carbocycles. The molecular weight excluding hydrogens is 260 g/mol. The molecule has 2 rings (SSSR count). The van der Waals surface area contributed by atoms with Crippen LogP contribution in [-0.2, 0) is 6.42 Å². The van der Waals surface area contributed by atoms with Crippen LogP contribution in [0.5, 0.6) is 0 Å². The summed E-state index contributed by atoms with van der Waals surface area (Å²) < 4.78 is 0. The van der Waals surface area contributed by atoms with Crippen molar-refractivity contribution in [1.82, 2.24) is 10.2 Å². The van der Waals surface area contributed by atoms with Crippen molar-refractivity contribution in [3.8, 4) is 0 Å². The van der Waals surface area contributed by atoms with Gasteiger partial charge in [0.05, 0.1) is 6.54 Å². The second-order valence-electron chi connectivity index (χ2n) is 5.85. The van der Waals surface area contributed by atoms with Crippen LogP contribution < -0.4 is 11.1 Å². The van der Waals surface area contributed by atoms with E-state index in [-0.39, 0.29) is 0 Å². The van der Waals surface area contributed by atoms with Gasteiger partial charge in [-0.05, 0) is 31.9 Å². The van der Waals surface area contributed by atoms with Gasteiger partial charge in [-0.25, -0.2) is 0 Å². The van der Waals surface area contributed by atoms with Gasteiger partial charge in [-0.2, -0.15) is 0 Å². The van der Waals surface area contributed by atoms with Gasteiger partial charge in [-0.3, -0.25) is 4.99 Å². The molecule has 0 saturated heterocycles. The minimum Gasteiger partial charge on any atom is -0.370 e. The Labute approximate surface area is 128 Å². The molecule has 4 heteroatoms. The molecule has 0 amide bonds. The molecule has 1 aromatic rings. The molecular formula is C17H28N4. The Balaban J connectivity index is 1.60. The molecule has 116 valence electrons. The summed E-state index contributed by atoms with van der Waals surface area (Å²) in [5, 5.41) is 3.18. The highest BCUT2D eigenvalue weighted by atomic mass is 15.2. The lowest BCUT2D eigenvalue weighted by atomic mass is 10.1. The van der Waals surface area contributed by atoms with Gasteiger partial charge < -0.3 is 16.0 Å². The van der Waals surface area contributed by atoms with E-state index in [1.807, 2.05) is 6.07 Å². The van der Waals surface area contributed by atoms with E-state index in [2.05, 4.69) is 46.5 Å². The van der Waals surface area contributed by atoms with Crippen molar-refractivity contribution in [3.05, 3.63) is 35.9 Å². The van der Waals surface area contributed by atoms with E-state index >= 15 is 0 Å². The summed E-state index contributed by atoms with van der Waals surface area (Å²) in [5.74, 6) is 0.561. The molecule has 21 heavy (non-hydrogen) atoms. The lowest BCUT2D eigenvalue weighted by Gasteiger charge is -2.22. The Morgan fingerprint density at radius 3 is 2.71 bits per heavy atom. The summed E-state index contributed by atoms with van der Waals surface area (Å²) in [4.78, 5) is 6.83.